The molecule has 0 unspecified atom stereocenters. The van der Waals surface area contributed by atoms with Crippen molar-refractivity contribution in [1.82, 2.24) is 4.98 Å². The number of aromatic nitrogens is 1. The Labute approximate surface area is 123 Å². The Morgan fingerprint density at radius 2 is 1.83 bits per heavy atom. The SMILES string of the molecule is Br.CCc1c(N)ccc(-c2csc(C)n2)c1CC. The van der Waals surface area contributed by atoms with E-state index < -0.39 is 0 Å². The molecule has 0 radical (unpaired) electrons. The summed E-state index contributed by atoms with van der Waals surface area (Å²) in [5, 5.41) is 3.23. The lowest BCUT2D eigenvalue weighted by Crippen LogP contribution is -2.01. The standard InChI is InChI=1S/C14H18N2S.BrH/c1-4-10-11(5-2)13(15)7-6-12(10)14-8-17-9(3)16-14;/h6-8H,4-5,15H2,1-3H3;1H. The zero-order valence-corrected chi connectivity index (χ0v) is 13.5. The molecule has 0 aliphatic heterocycles. The van der Waals surface area contributed by atoms with Crippen LogP contribution in [0.15, 0.2) is 17.5 Å². The highest BCUT2D eigenvalue weighted by Gasteiger charge is 2.12. The second kappa shape index (κ2) is 6.34. The molecule has 18 heavy (non-hydrogen) atoms. The van der Waals surface area contributed by atoms with Crippen molar-refractivity contribution < 1.29 is 0 Å². The van der Waals surface area contributed by atoms with E-state index in [1.54, 1.807) is 11.3 Å². The van der Waals surface area contributed by atoms with Crippen molar-refractivity contribution in [3.63, 3.8) is 0 Å². The summed E-state index contributed by atoms with van der Waals surface area (Å²) in [4.78, 5) is 4.57. The number of anilines is 1. The normalized spacial score (nSPS) is 10.2. The van der Waals surface area contributed by atoms with Gasteiger partial charge in [-0.2, -0.15) is 0 Å². The fraction of sp³-hybridized carbons (Fsp3) is 0.357. The van der Waals surface area contributed by atoms with Crippen LogP contribution in [0.25, 0.3) is 11.3 Å². The zero-order valence-electron chi connectivity index (χ0n) is 11.0. The molecule has 0 saturated heterocycles. The van der Waals surface area contributed by atoms with Crippen LogP contribution in [-0.2, 0) is 12.8 Å². The number of rotatable bonds is 3. The van der Waals surface area contributed by atoms with E-state index in [1.165, 1.54) is 16.7 Å². The van der Waals surface area contributed by atoms with Crippen LogP contribution in [0.3, 0.4) is 0 Å². The van der Waals surface area contributed by atoms with Gasteiger partial charge in [0.1, 0.15) is 0 Å². The minimum absolute atomic E-state index is 0. The van der Waals surface area contributed by atoms with Gasteiger partial charge in [-0.25, -0.2) is 4.98 Å². The van der Waals surface area contributed by atoms with Crippen molar-refractivity contribution in [2.75, 3.05) is 5.73 Å². The van der Waals surface area contributed by atoms with Crippen LogP contribution in [0.5, 0.6) is 0 Å². The van der Waals surface area contributed by atoms with Gasteiger partial charge in [-0.15, -0.1) is 28.3 Å². The van der Waals surface area contributed by atoms with Gasteiger partial charge in [0, 0.05) is 16.6 Å². The molecule has 4 heteroatoms. The van der Waals surface area contributed by atoms with Crippen molar-refractivity contribution >= 4 is 34.0 Å². The third kappa shape index (κ3) is 2.75. The minimum atomic E-state index is 0. The molecule has 2 rings (SSSR count). The Morgan fingerprint density at radius 3 is 2.33 bits per heavy atom. The highest BCUT2D eigenvalue weighted by molar-refractivity contribution is 8.93. The molecule has 98 valence electrons. The summed E-state index contributed by atoms with van der Waals surface area (Å²) in [6, 6.07) is 4.10. The predicted molar refractivity (Wildman–Crippen MR) is 85.8 cm³/mol. The van der Waals surface area contributed by atoms with Crippen LogP contribution in [0.2, 0.25) is 0 Å². The first-order chi connectivity index (χ1) is 8.17. The lowest BCUT2D eigenvalue weighted by Gasteiger charge is -2.13. The molecule has 0 atom stereocenters. The van der Waals surface area contributed by atoms with Crippen molar-refractivity contribution in [2.24, 2.45) is 0 Å². The first-order valence-electron chi connectivity index (χ1n) is 6.00. The number of aryl methyl sites for hydroxylation is 1. The molecule has 2 nitrogen and oxygen atoms in total. The average molecular weight is 327 g/mol. The van der Waals surface area contributed by atoms with Gasteiger partial charge in [-0.3, -0.25) is 0 Å². The van der Waals surface area contributed by atoms with Crippen LogP contribution in [0, 0.1) is 6.92 Å². The van der Waals surface area contributed by atoms with E-state index in [1.807, 2.05) is 13.0 Å². The van der Waals surface area contributed by atoms with E-state index in [-0.39, 0.29) is 17.0 Å². The molecule has 0 fully saturated rings. The molecule has 1 aromatic heterocycles. The first kappa shape index (κ1) is 15.2. The molecule has 2 N–H and O–H groups in total. The van der Waals surface area contributed by atoms with Gasteiger partial charge in [0.2, 0.25) is 0 Å². The molecule has 1 aromatic carbocycles. The number of thiazole rings is 1. The average Bonchev–Trinajstić information content (AvgIpc) is 2.75. The van der Waals surface area contributed by atoms with E-state index in [0.717, 1.165) is 29.2 Å². The maximum Gasteiger partial charge on any atom is 0.0901 e. The molecule has 0 spiro atoms. The van der Waals surface area contributed by atoms with Gasteiger partial charge in [-0.1, -0.05) is 19.9 Å². The number of halogens is 1. The van der Waals surface area contributed by atoms with Gasteiger partial charge in [0.25, 0.3) is 0 Å². The Balaban J connectivity index is 0.00000162. The van der Waals surface area contributed by atoms with E-state index in [9.17, 15) is 0 Å². The maximum absolute atomic E-state index is 6.04. The minimum Gasteiger partial charge on any atom is -0.398 e. The Kier molecular flexibility index (Phi) is 5.35. The van der Waals surface area contributed by atoms with Crippen molar-refractivity contribution in [3.05, 3.63) is 33.6 Å². The molecule has 0 bridgehead atoms. The molecule has 0 aliphatic rings. The third-order valence-corrected chi connectivity index (χ3v) is 3.84. The molecule has 2 aromatic rings. The molecule has 1 heterocycles. The first-order valence-corrected chi connectivity index (χ1v) is 6.88. The highest BCUT2D eigenvalue weighted by atomic mass is 79.9. The summed E-state index contributed by atoms with van der Waals surface area (Å²) in [5.41, 5.74) is 11.9. The fourth-order valence-electron chi connectivity index (χ4n) is 2.26. The number of hydrogen-bond acceptors (Lipinski definition) is 3. The van der Waals surface area contributed by atoms with Crippen LogP contribution >= 0.6 is 28.3 Å². The smallest absolute Gasteiger partial charge is 0.0901 e. The van der Waals surface area contributed by atoms with Gasteiger partial charge >= 0.3 is 0 Å². The largest absolute Gasteiger partial charge is 0.398 e. The molecule has 0 amide bonds. The number of nitrogens with two attached hydrogens (primary N) is 1. The van der Waals surface area contributed by atoms with Crippen LogP contribution in [-0.4, -0.2) is 4.98 Å². The molecule has 0 saturated carbocycles. The number of hydrogen-bond donors (Lipinski definition) is 1. The van der Waals surface area contributed by atoms with Crippen LogP contribution in [0.4, 0.5) is 5.69 Å². The van der Waals surface area contributed by atoms with Gasteiger partial charge in [0.15, 0.2) is 0 Å². The van der Waals surface area contributed by atoms with E-state index in [4.69, 9.17) is 5.73 Å². The topological polar surface area (TPSA) is 38.9 Å². The highest BCUT2D eigenvalue weighted by Crippen LogP contribution is 2.31. The summed E-state index contributed by atoms with van der Waals surface area (Å²) in [7, 11) is 0. The van der Waals surface area contributed by atoms with E-state index in [0.29, 0.717) is 0 Å². The van der Waals surface area contributed by atoms with Crippen LogP contribution < -0.4 is 5.73 Å². The van der Waals surface area contributed by atoms with Gasteiger partial charge in [-0.05, 0) is 37.0 Å². The predicted octanol–water partition coefficient (Wildman–Crippen LogP) is 4.40. The summed E-state index contributed by atoms with van der Waals surface area (Å²) < 4.78 is 0. The Hall–Kier alpha value is -0.870. The van der Waals surface area contributed by atoms with Gasteiger partial charge < -0.3 is 5.73 Å². The maximum atomic E-state index is 6.04. The zero-order chi connectivity index (χ0) is 12.4. The fourth-order valence-corrected chi connectivity index (χ4v) is 2.87. The van der Waals surface area contributed by atoms with E-state index >= 15 is 0 Å². The lowest BCUT2D eigenvalue weighted by molar-refractivity contribution is 1.04. The summed E-state index contributed by atoms with van der Waals surface area (Å²) in [6.45, 7) is 6.37. The molecular weight excluding hydrogens is 308 g/mol. The van der Waals surface area contributed by atoms with Crippen molar-refractivity contribution in [2.45, 2.75) is 33.6 Å². The monoisotopic (exact) mass is 326 g/mol. The van der Waals surface area contributed by atoms with Crippen molar-refractivity contribution in [1.29, 1.82) is 0 Å². The van der Waals surface area contributed by atoms with Crippen molar-refractivity contribution in [3.8, 4) is 11.3 Å². The van der Waals surface area contributed by atoms with Gasteiger partial charge in [0.05, 0.1) is 10.7 Å². The Morgan fingerprint density at radius 1 is 1.17 bits per heavy atom. The molecular formula is C14H19BrN2S. The van der Waals surface area contributed by atoms with Crippen LogP contribution in [0.1, 0.15) is 30.0 Å². The Bertz CT molecular complexity index is 535. The lowest BCUT2D eigenvalue weighted by atomic mass is 9.94. The number of nitrogen functional groups attached to an aromatic ring is 1. The molecule has 0 aliphatic carbocycles. The number of nitrogens with zero attached hydrogens (tertiary/aromatic N) is 1. The number of benzene rings is 1. The quantitative estimate of drug-likeness (QED) is 0.849. The summed E-state index contributed by atoms with van der Waals surface area (Å²) >= 11 is 1.69. The summed E-state index contributed by atoms with van der Waals surface area (Å²) in [6.07, 6.45) is 1.98. The third-order valence-electron chi connectivity index (χ3n) is 3.07. The van der Waals surface area contributed by atoms with E-state index in [2.05, 4.69) is 30.3 Å². The summed E-state index contributed by atoms with van der Waals surface area (Å²) in [5.74, 6) is 0. The second-order valence-corrected chi connectivity index (χ2v) is 5.18. The second-order valence-electron chi connectivity index (χ2n) is 4.12.